The molecule has 1 aromatic heterocycles. The molecule has 1 aromatic carbocycles. The first kappa shape index (κ1) is 16.8. The fraction of sp³-hybridized carbons (Fsp3) is 0.471. The van der Waals surface area contributed by atoms with Gasteiger partial charge in [-0.3, -0.25) is 4.79 Å². The van der Waals surface area contributed by atoms with Gasteiger partial charge in [-0.05, 0) is 31.0 Å². The Kier molecular flexibility index (Phi) is 5.08. The van der Waals surface area contributed by atoms with Crippen molar-refractivity contribution in [2.75, 3.05) is 36.8 Å². The van der Waals surface area contributed by atoms with Gasteiger partial charge in [0.25, 0.3) is 0 Å². The van der Waals surface area contributed by atoms with Crippen molar-refractivity contribution >= 4 is 23.4 Å². The van der Waals surface area contributed by atoms with Crippen LogP contribution in [0.4, 0.5) is 5.69 Å². The first-order valence-corrected chi connectivity index (χ1v) is 9.10. The number of thioether (sulfide) groups is 1. The average Bonchev–Trinajstić information content (AvgIpc) is 3.00. The number of benzene rings is 1. The van der Waals surface area contributed by atoms with E-state index < -0.39 is 0 Å². The van der Waals surface area contributed by atoms with E-state index in [9.17, 15) is 4.79 Å². The Balaban J connectivity index is 1.54. The van der Waals surface area contributed by atoms with E-state index in [0.717, 1.165) is 31.3 Å². The van der Waals surface area contributed by atoms with Gasteiger partial charge in [0.1, 0.15) is 6.33 Å². The van der Waals surface area contributed by atoms with E-state index in [-0.39, 0.29) is 5.91 Å². The van der Waals surface area contributed by atoms with E-state index in [1.807, 2.05) is 16.5 Å². The van der Waals surface area contributed by atoms with Crippen LogP contribution in [-0.2, 0) is 11.8 Å². The van der Waals surface area contributed by atoms with Crippen LogP contribution in [0.3, 0.4) is 0 Å². The normalized spacial score (nSPS) is 15.0. The molecular weight excluding hydrogens is 322 g/mol. The van der Waals surface area contributed by atoms with Crippen LogP contribution in [-0.4, -0.2) is 57.5 Å². The minimum atomic E-state index is 0.170. The molecule has 1 fully saturated rings. The van der Waals surface area contributed by atoms with Gasteiger partial charge in [-0.25, -0.2) is 0 Å². The highest BCUT2D eigenvalue weighted by atomic mass is 32.2. The van der Waals surface area contributed by atoms with Crippen molar-refractivity contribution < 1.29 is 4.79 Å². The molecule has 0 aliphatic carbocycles. The van der Waals surface area contributed by atoms with Gasteiger partial charge in [0.15, 0.2) is 5.16 Å². The van der Waals surface area contributed by atoms with Gasteiger partial charge in [0.05, 0.1) is 5.75 Å². The fourth-order valence-electron chi connectivity index (χ4n) is 2.90. The summed E-state index contributed by atoms with van der Waals surface area (Å²) in [5.74, 6) is 0.583. The van der Waals surface area contributed by atoms with Gasteiger partial charge >= 0.3 is 0 Å². The average molecular weight is 345 g/mol. The molecule has 1 aliphatic rings. The van der Waals surface area contributed by atoms with E-state index in [1.54, 1.807) is 6.33 Å². The molecule has 7 heteroatoms. The lowest BCUT2D eigenvalue weighted by Gasteiger charge is -2.37. The number of rotatable bonds is 4. The maximum atomic E-state index is 12.4. The summed E-state index contributed by atoms with van der Waals surface area (Å²) in [7, 11) is 1.88. The van der Waals surface area contributed by atoms with Crippen LogP contribution in [0, 0.1) is 13.8 Å². The third-order valence-corrected chi connectivity index (χ3v) is 5.56. The molecule has 128 valence electrons. The molecule has 3 rings (SSSR count). The molecule has 0 N–H and O–H groups in total. The van der Waals surface area contributed by atoms with Crippen molar-refractivity contribution in [2.24, 2.45) is 7.05 Å². The number of carbonyl (C=O) groups excluding carboxylic acids is 1. The van der Waals surface area contributed by atoms with Crippen LogP contribution < -0.4 is 4.90 Å². The predicted octanol–water partition coefficient (Wildman–Crippen LogP) is 1.87. The zero-order chi connectivity index (χ0) is 17.1. The van der Waals surface area contributed by atoms with Crippen molar-refractivity contribution in [3.63, 3.8) is 0 Å². The Labute approximate surface area is 146 Å². The lowest BCUT2D eigenvalue weighted by molar-refractivity contribution is -0.128. The topological polar surface area (TPSA) is 54.3 Å². The van der Waals surface area contributed by atoms with Crippen LogP contribution >= 0.6 is 11.8 Å². The molecule has 2 aromatic rings. The van der Waals surface area contributed by atoms with Gasteiger partial charge in [-0.2, -0.15) is 0 Å². The van der Waals surface area contributed by atoms with Crippen molar-refractivity contribution in [1.29, 1.82) is 0 Å². The number of carbonyl (C=O) groups is 1. The summed E-state index contributed by atoms with van der Waals surface area (Å²) in [4.78, 5) is 16.7. The number of aromatic nitrogens is 3. The largest absolute Gasteiger partial charge is 0.368 e. The van der Waals surface area contributed by atoms with Crippen LogP contribution in [0.2, 0.25) is 0 Å². The lowest BCUT2D eigenvalue weighted by Crippen LogP contribution is -2.49. The van der Waals surface area contributed by atoms with Crippen LogP contribution in [0.5, 0.6) is 0 Å². The van der Waals surface area contributed by atoms with Gasteiger partial charge in [0.2, 0.25) is 5.91 Å². The Bertz CT molecular complexity index is 722. The second-order valence-corrected chi connectivity index (χ2v) is 7.04. The minimum absolute atomic E-state index is 0.170. The molecule has 1 saturated heterocycles. The second kappa shape index (κ2) is 7.25. The van der Waals surface area contributed by atoms with Crippen LogP contribution in [0.15, 0.2) is 29.7 Å². The molecule has 0 radical (unpaired) electrons. The quantitative estimate of drug-likeness (QED) is 0.792. The van der Waals surface area contributed by atoms with E-state index in [0.29, 0.717) is 5.75 Å². The Morgan fingerprint density at radius 1 is 1.21 bits per heavy atom. The van der Waals surface area contributed by atoms with Crippen molar-refractivity contribution in [3.8, 4) is 0 Å². The second-order valence-electron chi connectivity index (χ2n) is 6.10. The monoisotopic (exact) mass is 345 g/mol. The summed E-state index contributed by atoms with van der Waals surface area (Å²) in [5, 5.41) is 8.61. The molecule has 0 saturated carbocycles. The van der Waals surface area contributed by atoms with E-state index in [2.05, 4.69) is 47.1 Å². The molecule has 24 heavy (non-hydrogen) atoms. The van der Waals surface area contributed by atoms with Crippen LogP contribution in [0.1, 0.15) is 11.1 Å². The number of anilines is 1. The molecular formula is C17H23N5OS. The number of nitrogens with zero attached hydrogens (tertiary/aromatic N) is 5. The Morgan fingerprint density at radius 3 is 2.62 bits per heavy atom. The zero-order valence-corrected chi connectivity index (χ0v) is 15.2. The van der Waals surface area contributed by atoms with E-state index in [1.165, 1.54) is 28.6 Å². The maximum absolute atomic E-state index is 12.4. The number of aryl methyl sites for hydroxylation is 2. The molecule has 1 aliphatic heterocycles. The van der Waals surface area contributed by atoms with Crippen molar-refractivity contribution in [2.45, 2.75) is 19.0 Å². The molecule has 0 unspecified atom stereocenters. The number of hydrogen-bond acceptors (Lipinski definition) is 5. The van der Waals surface area contributed by atoms with Crippen molar-refractivity contribution in [1.82, 2.24) is 19.7 Å². The summed E-state index contributed by atoms with van der Waals surface area (Å²) < 4.78 is 1.83. The standard InChI is InChI=1S/C17H23N5OS/c1-13-5-4-6-15(14(13)2)21-7-9-22(10-8-21)16(23)11-24-17-19-18-12-20(17)3/h4-6,12H,7-11H2,1-3H3. The summed E-state index contributed by atoms with van der Waals surface area (Å²) in [5.41, 5.74) is 3.93. The number of amides is 1. The molecule has 0 spiro atoms. The third-order valence-electron chi connectivity index (χ3n) is 4.54. The first-order valence-electron chi connectivity index (χ1n) is 8.12. The van der Waals surface area contributed by atoms with Gasteiger partial charge in [0, 0.05) is 38.9 Å². The molecule has 2 heterocycles. The fourth-order valence-corrected chi connectivity index (χ4v) is 3.69. The maximum Gasteiger partial charge on any atom is 0.233 e. The highest BCUT2D eigenvalue weighted by Crippen LogP contribution is 2.24. The van der Waals surface area contributed by atoms with E-state index >= 15 is 0 Å². The van der Waals surface area contributed by atoms with E-state index in [4.69, 9.17) is 0 Å². The first-order chi connectivity index (χ1) is 11.6. The number of hydrogen-bond donors (Lipinski definition) is 0. The third kappa shape index (κ3) is 3.56. The number of piperazine rings is 1. The van der Waals surface area contributed by atoms with Crippen molar-refractivity contribution in [3.05, 3.63) is 35.7 Å². The molecule has 6 nitrogen and oxygen atoms in total. The smallest absolute Gasteiger partial charge is 0.233 e. The highest BCUT2D eigenvalue weighted by molar-refractivity contribution is 7.99. The molecule has 1 amide bonds. The summed E-state index contributed by atoms with van der Waals surface area (Å²) in [6.07, 6.45) is 1.65. The molecule has 0 bridgehead atoms. The Morgan fingerprint density at radius 2 is 1.96 bits per heavy atom. The van der Waals surface area contributed by atoms with Crippen LogP contribution in [0.25, 0.3) is 0 Å². The molecule has 0 atom stereocenters. The van der Waals surface area contributed by atoms with Gasteiger partial charge in [-0.15, -0.1) is 10.2 Å². The minimum Gasteiger partial charge on any atom is -0.368 e. The Hall–Kier alpha value is -2.02. The van der Waals surface area contributed by atoms with Gasteiger partial charge < -0.3 is 14.4 Å². The predicted molar refractivity (Wildman–Crippen MR) is 96.4 cm³/mol. The van der Waals surface area contributed by atoms with Gasteiger partial charge in [-0.1, -0.05) is 23.9 Å². The highest BCUT2D eigenvalue weighted by Gasteiger charge is 2.22. The summed E-state index contributed by atoms with van der Waals surface area (Å²) in [6.45, 7) is 7.61. The SMILES string of the molecule is Cc1cccc(N2CCN(C(=O)CSc3nncn3C)CC2)c1C. The summed E-state index contributed by atoms with van der Waals surface area (Å²) in [6, 6.07) is 6.42. The zero-order valence-electron chi connectivity index (χ0n) is 14.4. The summed E-state index contributed by atoms with van der Waals surface area (Å²) >= 11 is 1.44. The lowest BCUT2D eigenvalue weighted by atomic mass is 10.1.